The fourth-order valence-electron chi connectivity index (χ4n) is 6.43. The highest BCUT2D eigenvalue weighted by atomic mass is 15.3. The molecule has 0 N–H and O–H groups in total. The van der Waals surface area contributed by atoms with Crippen LogP contribution in [0.25, 0.3) is 0 Å². The maximum Gasteiger partial charge on any atom is 0.0125 e. The molecule has 1 aliphatic carbocycles. The maximum atomic E-state index is 2.87. The van der Waals surface area contributed by atoms with E-state index in [-0.39, 0.29) is 0 Å². The van der Waals surface area contributed by atoms with E-state index in [0.717, 1.165) is 12.0 Å². The Labute approximate surface area is 174 Å². The van der Waals surface area contributed by atoms with Gasteiger partial charge in [0.15, 0.2) is 0 Å². The molecule has 0 aromatic heterocycles. The molecule has 0 aromatic rings. The van der Waals surface area contributed by atoms with Gasteiger partial charge in [0.05, 0.1) is 0 Å². The van der Waals surface area contributed by atoms with E-state index in [2.05, 4.69) is 54.2 Å². The van der Waals surface area contributed by atoms with Crippen LogP contribution in [0.5, 0.6) is 0 Å². The molecule has 3 aliphatic heterocycles. The Hall–Kier alpha value is -0.160. The van der Waals surface area contributed by atoms with Crippen LogP contribution in [-0.4, -0.2) is 96.1 Å². The van der Waals surface area contributed by atoms with Gasteiger partial charge in [0.2, 0.25) is 0 Å². The number of piperidine rings is 1. The minimum Gasteiger partial charge on any atom is -0.300 e. The summed E-state index contributed by atoms with van der Waals surface area (Å²) in [4.78, 5) is 11.0. The molecule has 1 spiro atoms. The average molecular weight is 391 g/mol. The second kappa shape index (κ2) is 8.17. The van der Waals surface area contributed by atoms with E-state index < -0.39 is 0 Å². The molecule has 4 rings (SSSR count). The van der Waals surface area contributed by atoms with Crippen molar-refractivity contribution < 1.29 is 0 Å². The van der Waals surface area contributed by atoms with Crippen LogP contribution in [0.4, 0.5) is 0 Å². The third-order valence-electron chi connectivity index (χ3n) is 8.60. The van der Waals surface area contributed by atoms with Gasteiger partial charge >= 0.3 is 0 Å². The van der Waals surface area contributed by atoms with Crippen LogP contribution in [0.2, 0.25) is 0 Å². The summed E-state index contributed by atoms with van der Waals surface area (Å²) in [6.07, 6.45) is 7.30. The van der Waals surface area contributed by atoms with E-state index in [4.69, 9.17) is 0 Å². The average Bonchev–Trinajstić information content (AvgIpc) is 3.07. The quantitative estimate of drug-likeness (QED) is 0.729. The van der Waals surface area contributed by atoms with E-state index >= 15 is 0 Å². The van der Waals surface area contributed by atoms with Gasteiger partial charge in [-0.2, -0.15) is 0 Å². The number of piperazine rings is 1. The van der Waals surface area contributed by atoms with Crippen molar-refractivity contribution in [1.29, 1.82) is 0 Å². The van der Waals surface area contributed by atoms with Crippen LogP contribution in [0.3, 0.4) is 0 Å². The predicted octanol–water partition coefficient (Wildman–Crippen LogP) is 3.38. The first kappa shape index (κ1) is 21.1. The zero-order valence-corrected chi connectivity index (χ0v) is 19.4. The summed E-state index contributed by atoms with van der Waals surface area (Å²) in [6, 6.07) is 1.62. The van der Waals surface area contributed by atoms with Gasteiger partial charge in [-0.15, -0.1) is 0 Å². The first-order chi connectivity index (χ1) is 13.2. The lowest BCUT2D eigenvalue weighted by atomic mass is 9.59. The van der Waals surface area contributed by atoms with Gasteiger partial charge in [-0.05, 0) is 97.7 Å². The van der Waals surface area contributed by atoms with Gasteiger partial charge in [0.1, 0.15) is 0 Å². The Morgan fingerprint density at radius 2 is 1.54 bits per heavy atom. The minimum atomic E-state index is 0.355. The lowest BCUT2D eigenvalue weighted by molar-refractivity contribution is -0.0532. The SMILES string of the molecule is CC(C)N1CCN(CC2CCN(C3CC4(CCN(C(C)(C)C)CC4)C3)C2)CC1. The first-order valence-electron chi connectivity index (χ1n) is 12.2. The zero-order valence-electron chi connectivity index (χ0n) is 19.4. The summed E-state index contributed by atoms with van der Waals surface area (Å²) in [5, 5.41) is 0. The van der Waals surface area contributed by atoms with Crippen molar-refractivity contribution in [2.45, 2.75) is 84.3 Å². The van der Waals surface area contributed by atoms with Gasteiger partial charge < -0.3 is 9.80 Å². The van der Waals surface area contributed by atoms with Crippen LogP contribution in [0.15, 0.2) is 0 Å². The number of rotatable bonds is 4. The molecule has 4 nitrogen and oxygen atoms in total. The molecule has 4 aliphatic rings. The molecule has 3 saturated heterocycles. The highest BCUT2D eigenvalue weighted by Crippen LogP contribution is 2.52. The van der Waals surface area contributed by atoms with Gasteiger partial charge in [-0.1, -0.05) is 0 Å². The lowest BCUT2D eigenvalue weighted by Gasteiger charge is -2.56. The zero-order chi connectivity index (χ0) is 19.9. The Morgan fingerprint density at radius 1 is 0.893 bits per heavy atom. The Morgan fingerprint density at radius 3 is 2.11 bits per heavy atom. The molecular weight excluding hydrogens is 344 g/mol. The topological polar surface area (TPSA) is 13.0 Å². The largest absolute Gasteiger partial charge is 0.300 e. The number of hydrogen-bond acceptors (Lipinski definition) is 4. The van der Waals surface area contributed by atoms with Crippen molar-refractivity contribution in [3.63, 3.8) is 0 Å². The van der Waals surface area contributed by atoms with Gasteiger partial charge in [-0.25, -0.2) is 0 Å². The summed E-state index contributed by atoms with van der Waals surface area (Å²) in [7, 11) is 0. The monoisotopic (exact) mass is 390 g/mol. The van der Waals surface area contributed by atoms with Crippen LogP contribution in [0, 0.1) is 11.3 Å². The summed E-state index contributed by atoms with van der Waals surface area (Å²) < 4.78 is 0. The molecular formula is C24H46N4. The number of hydrogen-bond donors (Lipinski definition) is 0. The number of nitrogens with zero attached hydrogens (tertiary/aromatic N) is 4. The third-order valence-corrected chi connectivity index (χ3v) is 8.60. The second-order valence-electron chi connectivity index (χ2n) is 11.8. The molecule has 4 fully saturated rings. The summed E-state index contributed by atoms with van der Waals surface area (Å²) >= 11 is 0. The van der Waals surface area contributed by atoms with E-state index in [0.29, 0.717) is 17.0 Å². The molecule has 1 atom stereocenters. The summed E-state index contributed by atoms with van der Waals surface area (Å²) in [5.41, 5.74) is 1.06. The van der Waals surface area contributed by atoms with Crippen molar-refractivity contribution in [3.05, 3.63) is 0 Å². The summed E-state index contributed by atoms with van der Waals surface area (Å²) in [5.74, 6) is 0.921. The lowest BCUT2D eigenvalue weighted by Crippen LogP contribution is -2.57. The molecule has 0 amide bonds. The minimum absolute atomic E-state index is 0.355. The molecule has 0 aromatic carbocycles. The highest BCUT2D eigenvalue weighted by Gasteiger charge is 2.49. The normalized spacial score (nSPS) is 31.7. The van der Waals surface area contributed by atoms with Gasteiger partial charge in [0, 0.05) is 56.9 Å². The van der Waals surface area contributed by atoms with Crippen LogP contribution in [0.1, 0.15) is 66.7 Å². The Kier molecular flexibility index (Phi) is 6.15. The summed E-state index contributed by atoms with van der Waals surface area (Å²) in [6.45, 7) is 23.6. The van der Waals surface area contributed by atoms with Gasteiger partial charge in [0.25, 0.3) is 0 Å². The van der Waals surface area contributed by atoms with E-state index in [1.165, 1.54) is 91.0 Å². The second-order valence-corrected chi connectivity index (χ2v) is 11.8. The molecule has 1 unspecified atom stereocenters. The fourth-order valence-corrected chi connectivity index (χ4v) is 6.43. The molecule has 28 heavy (non-hydrogen) atoms. The van der Waals surface area contributed by atoms with E-state index in [9.17, 15) is 0 Å². The Balaban J connectivity index is 1.17. The maximum absolute atomic E-state index is 2.87. The molecule has 0 bridgehead atoms. The van der Waals surface area contributed by atoms with Crippen LogP contribution < -0.4 is 0 Å². The Bertz CT molecular complexity index is 501. The third kappa shape index (κ3) is 4.61. The van der Waals surface area contributed by atoms with E-state index in [1.807, 2.05) is 0 Å². The first-order valence-corrected chi connectivity index (χ1v) is 12.2. The predicted molar refractivity (Wildman–Crippen MR) is 119 cm³/mol. The van der Waals surface area contributed by atoms with Gasteiger partial charge in [-0.3, -0.25) is 9.80 Å². The van der Waals surface area contributed by atoms with Crippen molar-refractivity contribution >= 4 is 0 Å². The van der Waals surface area contributed by atoms with Crippen LogP contribution >= 0.6 is 0 Å². The standard InChI is InChI=1S/C24H46N4/c1-20(2)26-14-12-25(13-15-26)18-21-6-9-27(19-21)22-16-24(17-22)7-10-28(11-8-24)23(3,4)5/h20-22H,6-19H2,1-5H3. The van der Waals surface area contributed by atoms with Crippen molar-refractivity contribution in [2.75, 3.05) is 58.9 Å². The van der Waals surface area contributed by atoms with Crippen molar-refractivity contribution in [1.82, 2.24) is 19.6 Å². The smallest absolute Gasteiger partial charge is 0.0125 e. The molecule has 162 valence electrons. The fraction of sp³-hybridized carbons (Fsp3) is 1.00. The van der Waals surface area contributed by atoms with E-state index in [1.54, 1.807) is 0 Å². The van der Waals surface area contributed by atoms with Crippen molar-refractivity contribution in [2.24, 2.45) is 11.3 Å². The molecule has 0 radical (unpaired) electrons. The molecule has 3 heterocycles. The molecule has 1 saturated carbocycles. The van der Waals surface area contributed by atoms with Crippen LogP contribution in [-0.2, 0) is 0 Å². The number of likely N-dealkylation sites (tertiary alicyclic amines) is 2. The highest BCUT2D eigenvalue weighted by molar-refractivity contribution is 5.03. The molecule has 4 heteroatoms. The van der Waals surface area contributed by atoms with Crippen molar-refractivity contribution in [3.8, 4) is 0 Å².